The predicted octanol–water partition coefficient (Wildman–Crippen LogP) is 3.24. The van der Waals surface area contributed by atoms with Gasteiger partial charge in [0.05, 0.1) is 11.8 Å². The van der Waals surface area contributed by atoms with Gasteiger partial charge in [-0.2, -0.15) is 0 Å². The number of thiophene rings is 1. The molecule has 6 heteroatoms. The minimum Gasteiger partial charge on any atom is -0.481 e. The molecule has 0 saturated heterocycles. The monoisotopic (exact) mass is 282 g/mol. The van der Waals surface area contributed by atoms with Crippen LogP contribution in [0, 0.1) is 0 Å². The van der Waals surface area contributed by atoms with Gasteiger partial charge in [-0.3, -0.25) is 4.79 Å². The zero-order valence-electron chi connectivity index (χ0n) is 9.52. The van der Waals surface area contributed by atoms with Gasteiger partial charge in [0.1, 0.15) is 16.3 Å². The van der Waals surface area contributed by atoms with Crippen LogP contribution in [0.4, 0.5) is 0 Å². The molecule has 0 aliphatic heterocycles. The molecular weight excluding hydrogens is 272 g/mol. The number of halogens is 1. The summed E-state index contributed by atoms with van der Waals surface area (Å²) in [5.74, 6) is -0.719. The van der Waals surface area contributed by atoms with E-state index in [1.54, 1.807) is 11.3 Å². The van der Waals surface area contributed by atoms with E-state index >= 15 is 0 Å². The van der Waals surface area contributed by atoms with Crippen LogP contribution in [0.2, 0.25) is 5.15 Å². The van der Waals surface area contributed by atoms with Crippen molar-refractivity contribution in [3.05, 3.63) is 21.9 Å². The summed E-state index contributed by atoms with van der Waals surface area (Å²) in [6.45, 7) is 0. The minimum absolute atomic E-state index is 0.0449. The molecule has 0 bridgehead atoms. The topological polar surface area (TPSA) is 63.1 Å². The van der Waals surface area contributed by atoms with E-state index in [1.807, 2.05) is 0 Å². The molecule has 0 aromatic carbocycles. The Balaban J connectivity index is 2.20. The number of fused-ring (bicyclic) bond motifs is 3. The molecule has 1 unspecified atom stereocenters. The number of aryl methyl sites for hydroxylation is 1. The van der Waals surface area contributed by atoms with E-state index in [1.165, 1.54) is 11.2 Å². The first-order valence-corrected chi connectivity index (χ1v) is 7.00. The van der Waals surface area contributed by atoms with Crippen molar-refractivity contribution in [2.45, 2.75) is 31.6 Å². The van der Waals surface area contributed by atoms with Crippen LogP contribution in [0.3, 0.4) is 0 Å². The van der Waals surface area contributed by atoms with Crippen LogP contribution in [-0.4, -0.2) is 21.0 Å². The van der Waals surface area contributed by atoms with Crippen LogP contribution in [-0.2, 0) is 11.2 Å². The summed E-state index contributed by atoms with van der Waals surface area (Å²) in [4.78, 5) is 21.3. The summed E-state index contributed by atoms with van der Waals surface area (Å²) in [6, 6.07) is 0. The first kappa shape index (κ1) is 11.9. The lowest BCUT2D eigenvalue weighted by atomic mass is 9.84. The standard InChI is InChI=1S/C12H11ClN2O2S/c13-11-10-9-6(4-8(16)17)2-1-3-7(9)18-12(10)15-5-14-11/h5-6H,1-4H2,(H,16,17). The van der Waals surface area contributed by atoms with Crippen molar-refractivity contribution in [2.24, 2.45) is 0 Å². The Labute approximate surface area is 113 Å². The molecule has 1 atom stereocenters. The number of hydrogen-bond acceptors (Lipinski definition) is 4. The van der Waals surface area contributed by atoms with E-state index in [2.05, 4.69) is 9.97 Å². The average Bonchev–Trinajstić information content (AvgIpc) is 2.69. The Morgan fingerprint density at radius 1 is 1.56 bits per heavy atom. The van der Waals surface area contributed by atoms with Crippen molar-refractivity contribution in [1.82, 2.24) is 9.97 Å². The molecule has 2 aromatic heterocycles. The van der Waals surface area contributed by atoms with Crippen LogP contribution in [0.25, 0.3) is 10.2 Å². The van der Waals surface area contributed by atoms with Crippen LogP contribution >= 0.6 is 22.9 Å². The molecule has 2 heterocycles. The van der Waals surface area contributed by atoms with E-state index in [9.17, 15) is 4.79 Å². The first-order chi connectivity index (χ1) is 8.66. The maximum Gasteiger partial charge on any atom is 0.303 e. The fraction of sp³-hybridized carbons (Fsp3) is 0.417. The molecule has 1 aliphatic rings. The van der Waals surface area contributed by atoms with E-state index < -0.39 is 5.97 Å². The maximum atomic E-state index is 11.0. The van der Waals surface area contributed by atoms with Crippen LogP contribution in [0.5, 0.6) is 0 Å². The van der Waals surface area contributed by atoms with E-state index in [0.717, 1.165) is 35.0 Å². The number of aromatic nitrogens is 2. The highest BCUT2D eigenvalue weighted by Crippen LogP contribution is 2.44. The SMILES string of the molecule is O=C(O)CC1CCCc2sc3ncnc(Cl)c3c21. The zero-order valence-corrected chi connectivity index (χ0v) is 11.1. The van der Waals surface area contributed by atoms with Gasteiger partial charge in [0.2, 0.25) is 0 Å². The molecular formula is C12H11ClN2O2S. The second-order valence-electron chi connectivity index (χ2n) is 4.47. The number of hydrogen-bond donors (Lipinski definition) is 1. The van der Waals surface area contributed by atoms with Crippen molar-refractivity contribution < 1.29 is 9.90 Å². The molecule has 18 heavy (non-hydrogen) atoms. The molecule has 0 saturated carbocycles. The van der Waals surface area contributed by atoms with Crippen LogP contribution in [0.1, 0.15) is 35.6 Å². The molecule has 2 aromatic rings. The third kappa shape index (κ3) is 1.87. The van der Waals surface area contributed by atoms with E-state index in [4.69, 9.17) is 16.7 Å². The number of nitrogens with zero attached hydrogens (tertiary/aromatic N) is 2. The van der Waals surface area contributed by atoms with Crippen LogP contribution in [0.15, 0.2) is 6.33 Å². The Morgan fingerprint density at radius 2 is 2.39 bits per heavy atom. The predicted molar refractivity (Wildman–Crippen MR) is 70.4 cm³/mol. The van der Waals surface area contributed by atoms with Gasteiger partial charge < -0.3 is 5.11 Å². The lowest BCUT2D eigenvalue weighted by Crippen LogP contribution is -2.12. The average molecular weight is 283 g/mol. The largest absolute Gasteiger partial charge is 0.481 e. The van der Waals surface area contributed by atoms with Gasteiger partial charge >= 0.3 is 5.97 Å². The fourth-order valence-electron chi connectivity index (χ4n) is 2.65. The molecule has 1 N–H and O–H groups in total. The molecule has 0 amide bonds. The van der Waals surface area contributed by atoms with Gasteiger partial charge in [-0.05, 0) is 30.7 Å². The summed E-state index contributed by atoms with van der Waals surface area (Å²) in [6.07, 6.45) is 4.53. The van der Waals surface area contributed by atoms with Gasteiger partial charge in [0.25, 0.3) is 0 Å². The summed E-state index contributed by atoms with van der Waals surface area (Å²) in [5, 5.41) is 10.3. The van der Waals surface area contributed by atoms with Crippen molar-refractivity contribution in [1.29, 1.82) is 0 Å². The third-order valence-electron chi connectivity index (χ3n) is 3.34. The first-order valence-electron chi connectivity index (χ1n) is 5.80. The zero-order chi connectivity index (χ0) is 12.7. The van der Waals surface area contributed by atoms with Crippen molar-refractivity contribution >= 4 is 39.1 Å². The van der Waals surface area contributed by atoms with E-state index in [0.29, 0.717) is 5.15 Å². The lowest BCUT2D eigenvalue weighted by molar-refractivity contribution is -0.137. The lowest BCUT2D eigenvalue weighted by Gasteiger charge is -2.21. The summed E-state index contributed by atoms with van der Waals surface area (Å²) >= 11 is 7.76. The maximum absolute atomic E-state index is 11.0. The van der Waals surface area contributed by atoms with Crippen molar-refractivity contribution in [2.75, 3.05) is 0 Å². The Bertz CT molecular complexity index is 626. The van der Waals surface area contributed by atoms with Crippen molar-refractivity contribution in [3.63, 3.8) is 0 Å². The van der Waals surface area contributed by atoms with Gasteiger partial charge in [0.15, 0.2) is 0 Å². The molecule has 4 nitrogen and oxygen atoms in total. The molecule has 1 aliphatic carbocycles. The van der Waals surface area contributed by atoms with E-state index in [-0.39, 0.29) is 12.3 Å². The number of aliphatic carboxylic acids is 1. The number of carboxylic acids is 1. The molecule has 0 fully saturated rings. The highest BCUT2D eigenvalue weighted by atomic mass is 35.5. The fourth-order valence-corrected chi connectivity index (χ4v) is 4.21. The summed E-state index contributed by atoms with van der Waals surface area (Å²) in [7, 11) is 0. The third-order valence-corrected chi connectivity index (χ3v) is 4.80. The summed E-state index contributed by atoms with van der Waals surface area (Å²) in [5.41, 5.74) is 1.08. The second kappa shape index (κ2) is 4.48. The normalized spacial score (nSPS) is 18.8. The summed E-state index contributed by atoms with van der Waals surface area (Å²) < 4.78 is 0. The molecule has 0 radical (unpaired) electrons. The van der Waals surface area contributed by atoms with Gasteiger partial charge in [-0.15, -0.1) is 11.3 Å². The molecule has 3 rings (SSSR count). The quantitative estimate of drug-likeness (QED) is 0.859. The smallest absolute Gasteiger partial charge is 0.303 e. The number of carbonyl (C=O) groups is 1. The second-order valence-corrected chi connectivity index (χ2v) is 5.91. The van der Waals surface area contributed by atoms with Gasteiger partial charge in [0, 0.05) is 4.88 Å². The van der Waals surface area contributed by atoms with Crippen LogP contribution < -0.4 is 0 Å². The Kier molecular flexibility index (Phi) is 2.95. The minimum atomic E-state index is -0.764. The highest BCUT2D eigenvalue weighted by molar-refractivity contribution is 7.19. The Hall–Kier alpha value is -1.20. The number of rotatable bonds is 2. The molecule has 0 spiro atoms. The van der Waals surface area contributed by atoms with Gasteiger partial charge in [-0.1, -0.05) is 11.6 Å². The number of carboxylic acid groups (broad SMARTS) is 1. The Morgan fingerprint density at radius 3 is 3.17 bits per heavy atom. The highest BCUT2D eigenvalue weighted by Gasteiger charge is 2.28. The van der Waals surface area contributed by atoms with Gasteiger partial charge in [-0.25, -0.2) is 9.97 Å². The molecule has 94 valence electrons. The van der Waals surface area contributed by atoms with Crippen molar-refractivity contribution in [3.8, 4) is 0 Å².